The van der Waals surface area contributed by atoms with Crippen molar-refractivity contribution in [3.05, 3.63) is 67.1 Å². The molecule has 0 atom stereocenters. The van der Waals surface area contributed by atoms with Crippen LogP contribution in [0.3, 0.4) is 0 Å². The van der Waals surface area contributed by atoms with Gasteiger partial charge in [0.1, 0.15) is 5.02 Å². The number of likely N-dealkylation sites (N-methyl/N-ethyl adjacent to an activating group) is 1. The maximum atomic E-state index is 12.4. The quantitative estimate of drug-likeness (QED) is 0.561. The van der Waals surface area contributed by atoms with Gasteiger partial charge < -0.3 is 10.2 Å². The number of carbonyl (C=O) groups is 2. The molecule has 7 nitrogen and oxygen atoms in total. The Morgan fingerprint density at radius 2 is 1.96 bits per heavy atom. The summed E-state index contributed by atoms with van der Waals surface area (Å²) in [5.41, 5.74) is 1.23. The van der Waals surface area contributed by atoms with Gasteiger partial charge in [0.25, 0.3) is 11.6 Å². The molecular formula is C17H15BrClN3O4. The largest absolute Gasteiger partial charge is 0.332 e. The van der Waals surface area contributed by atoms with Crippen LogP contribution in [0.2, 0.25) is 5.02 Å². The summed E-state index contributed by atoms with van der Waals surface area (Å²) < 4.78 is 0.893. The first kappa shape index (κ1) is 19.9. The highest BCUT2D eigenvalue weighted by atomic mass is 79.9. The van der Waals surface area contributed by atoms with Gasteiger partial charge in [-0.1, -0.05) is 27.5 Å². The van der Waals surface area contributed by atoms with E-state index in [2.05, 4.69) is 21.2 Å². The molecule has 0 saturated carbocycles. The normalized spacial score (nSPS) is 10.3. The van der Waals surface area contributed by atoms with E-state index in [9.17, 15) is 19.7 Å². The van der Waals surface area contributed by atoms with E-state index in [1.165, 1.54) is 24.1 Å². The molecular weight excluding hydrogens is 426 g/mol. The number of halogens is 2. The van der Waals surface area contributed by atoms with Gasteiger partial charge in [-0.3, -0.25) is 19.7 Å². The van der Waals surface area contributed by atoms with Gasteiger partial charge in [-0.2, -0.15) is 0 Å². The maximum Gasteiger partial charge on any atom is 0.288 e. The number of hydrogen-bond acceptors (Lipinski definition) is 4. The van der Waals surface area contributed by atoms with Gasteiger partial charge >= 0.3 is 0 Å². The molecule has 1 N–H and O–H groups in total. The zero-order chi connectivity index (χ0) is 19.4. The molecule has 0 heterocycles. The van der Waals surface area contributed by atoms with Gasteiger partial charge in [0, 0.05) is 28.8 Å². The Bertz CT molecular complexity index is 888. The van der Waals surface area contributed by atoms with Crippen LogP contribution >= 0.6 is 27.5 Å². The van der Waals surface area contributed by atoms with E-state index in [1.807, 2.05) is 13.0 Å². The van der Waals surface area contributed by atoms with Gasteiger partial charge in [0.15, 0.2) is 0 Å². The molecule has 0 aliphatic heterocycles. The minimum atomic E-state index is -0.665. The van der Waals surface area contributed by atoms with Crippen LogP contribution in [0.15, 0.2) is 40.9 Å². The third-order valence-electron chi connectivity index (χ3n) is 3.58. The lowest BCUT2D eigenvalue weighted by molar-refractivity contribution is -0.384. The number of nitrogens with one attached hydrogen (secondary N) is 1. The van der Waals surface area contributed by atoms with Crippen LogP contribution in [-0.4, -0.2) is 35.2 Å². The number of aryl methyl sites for hydroxylation is 1. The van der Waals surface area contributed by atoms with E-state index in [1.54, 1.807) is 12.1 Å². The fourth-order valence-electron chi connectivity index (χ4n) is 2.25. The van der Waals surface area contributed by atoms with Crippen LogP contribution in [0.4, 0.5) is 11.4 Å². The van der Waals surface area contributed by atoms with E-state index >= 15 is 0 Å². The third kappa shape index (κ3) is 4.80. The van der Waals surface area contributed by atoms with Crippen molar-refractivity contribution in [1.29, 1.82) is 0 Å². The van der Waals surface area contributed by atoms with Gasteiger partial charge in [-0.05, 0) is 42.8 Å². The number of amides is 2. The summed E-state index contributed by atoms with van der Waals surface area (Å²) in [6, 6.07) is 9.16. The Morgan fingerprint density at radius 1 is 1.27 bits per heavy atom. The predicted molar refractivity (Wildman–Crippen MR) is 103 cm³/mol. The number of hydrogen-bond donors (Lipinski definition) is 1. The van der Waals surface area contributed by atoms with Gasteiger partial charge in [-0.15, -0.1) is 0 Å². The SMILES string of the molecule is Cc1cc(Br)ccc1NC(=O)CN(C)C(=O)c1ccc(Cl)c([N+](=O)[O-])c1. The second kappa shape index (κ2) is 8.29. The maximum absolute atomic E-state index is 12.4. The fourth-order valence-corrected chi connectivity index (χ4v) is 2.91. The predicted octanol–water partition coefficient (Wildman–Crippen LogP) is 4.03. The van der Waals surface area contributed by atoms with E-state index in [4.69, 9.17) is 11.6 Å². The lowest BCUT2D eigenvalue weighted by Crippen LogP contribution is -2.35. The molecule has 136 valence electrons. The molecule has 2 rings (SSSR count). The van der Waals surface area contributed by atoms with Crippen molar-refractivity contribution in [1.82, 2.24) is 4.90 Å². The lowest BCUT2D eigenvalue weighted by Gasteiger charge is -2.17. The third-order valence-corrected chi connectivity index (χ3v) is 4.39. The first-order valence-electron chi connectivity index (χ1n) is 7.44. The van der Waals surface area contributed by atoms with E-state index in [-0.39, 0.29) is 28.7 Å². The van der Waals surface area contributed by atoms with Crippen molar-refractivity contribution < 1.29 is 14.5 Å². The molecule has 2 amide bonds. The molecule has 0 saturated heterocycles. The summed E-state index contributed by atoms with van der Waals surface area (Å²) >= 11 is 9.09. The van der Waals surface area contributed by atoms with Gasteiger partial charge in [0.2, 0.25) is 5.91 Å². The molecule has 0 bridgehead atoms. The first-order chi connectivity index (χ1) is 12.2. The van der Waals surface area contributed by atoms with Crippen LogP contribution in [0.5, 0.6) is 0 Å². The number of anilines is 1. The summed E-state index contributed by atoms with van der Waals surface area (Å²) in [6.45, 7) is 1.65. The smallest absolute Gasteiger partial charge is 0.288 e. The molecule has 0 radical (unpaired) electrons. The highest BCUT2D eigenvalue weighted by molar-refractivity contribution is 9.10. The van der Waals surface area contributed by atoms with E-state index < -0.39 is 10.8 Å². The monoisotopic (exact) mass is 439 g/mol. The zero-order valence-corrected chi connectivity index (χ0v) is 16.3. The molecule has 0 unspecified atom stereocenters. The lowest BCUT2D eigenvalue weighted by atomic mass is 10.1. The van der Waals surface area contributed by atoms with Crippen molar-refractivity contribution in [2.24, 2.45) is 0 Å². The molecule has 2 aromatic carbocycles. The summed E-state index contributed by atoms with van der Waals surface area (Å²) in [7, 11) is 1.44. The molecule has 0 aliphatic rings. The van der Waals surface area contributed by atoms with Crippen LogP contribution in [0.1, 0.15) is 15.9 Å². The van der Waals surface area contributed by atoms with Crippen molar-refractivity contribution >= 4 is 50.7 Å². The standard InChI is InChI=1S/C17H15BrClN3O4/c1-10-7-12(18)4-6-14(10)20-16(23)9-21(2)17(24)11-3-5-13(19)15(8-11)22(25)26/h3-8H,9H2,1-2H3,(H,20,23). The minimum absolute atomic E-state index is 0.0577. The Kier molecular flexibility index (Phi) is 6.33. The van der Waals surface area contributed by atoms with Crippen molar-refractivity contribution in [2.75, 3.05) is 18.9 Å². The van der Waals surface area contributed by atoms with Crippen molar-refractivity contribution in [3.63, 3.8) is 0 Å². The summed E-state index contributed by atoms with van der Waals surface area (Å²) in [4.78, 5) is 36.0. The second-order valence-corrected chi connectivity index (χ2v) is 6.91. The second-order valence-electron chi connectivity index (χ2n) is 5.59. The number of benzene rings is 2. The van der Waals surface area contributed by atoms with Crippen LogP contribution in [0, 0.1) is 17.0 Å². The highest BCUT2D eigenvalue weighted by Crippen LogP contribution is 2.25. The Hall–Kier alpha value is -2.45. The summed E-state index contributed by atoms with van der Waals surface area (Å²) in [5, 5.41) is 13.6. The molecule has 2 aromatic rings. The molecule has 0 aliphatic carbocycles. The molecule has 0 spiro atoms. The number of rotatable bonds is 5. The molecule has 0 fully saturated rings. The van der Waals surface area contributed by atoms with E-state index in [0.29, 0.717) is 5.69 Å². The number of carbonyl (C=O) groups excluding carboxylic acids is 2. The first-order valence-corrected chi connectivity index (χ1v) is 8.61. The topological polar surface area (TPSA) is 92.6 Å². The minimum Gasteiger partial charge on any atom is -0.332 e. The Labute approximate surface area is 163 Å². The van der Waals surface area contributed by atoms with E-state index in [0.717, 1.165) is 16.1 Å². The molecule has 26 heavy (non-hydrogen) atoms. The zero-order valence-electron chi connectivity index (χ0n) is 14.0. The Balaban J connectivity index is 2.08. The number of nitro benzene ring substituents is 1. The Morgan fingerprint density at radius 3 is 2.58 bits per heavy atom. The highest BCUT2D eigenvalue weighted by Gasteiger charge is 2.20. The fraction of sp³-hybridized carbons (Fsp3) is 0.176. The summed E-state index contributed by atoms with van der Waals surface area (Å²) in [5.74, 6) is -0.901. The average molecular weight is 441 g/mol. The number of nitro groups is 1. The van der Waals surface area contributed by atoms with Crippen molar-refractivity contribution in [3.8, 4) is 0 Å². The number of nitrogens with zero attached hydrogens (tertiary/aromatic N) is 2. The molecule has 9 heteroatoms. The van der Waals surface area contributed by atoms with Crippen LogP contribution < -0.4 is 5.32 Å². The van der Waals surface area contributed by atoms with Gasteiger partial charge in [0.05, 0.1) is 11.5 Å². The molecule has 0 aromatic heterocycles. The van der Waals surface area contributed by atoms with Crippen LogP contribution in [-0.2, 0) is 4.79 Å². The van der Waals surface area contributed by atoms with Crippen LogP contribution in [0.25, 0.3) is 0 Å². The average Bonchev–Trinajstić information content (AvgIpc) is 2.56. The van der Waals surface area contributed by atoms with Gasteiger partial charge in [-0.25, -0.2) is 0 Å². The van der Waals surface area contributed by atoms with Crippen molar-refractivity contribution in [2.45, 2.75) is 6.92 Å². The summed E-state index contributed by atoms with van der Waals surface area (Å²) in [6.07, 6.45) is 0.